The van der Waals surface area contributed by atoms with Gasteiger partial charge in [-0.1, -0.05) is 13.8 Å². The summed E-state index contributed by atoms with van der Waals surface area (Å²) in [4.78, 5) is 38.0. The molecule has 8 atom stereocenters. The van der Waals surface area contributed by atoms with Crippen LogP contribution in [0.3, 0.4) is 0 Å². The van der Waals surface area contributed by atoms with Gasteiger partial charge >= 0.3 is 0 Å². The number of aliphatic hydroxyl groups is 1. The number of rotatable bonds is 10. The van der Waals surface area contributed by atoms with Crippen LogP contribution in [0.15, 0.2) is 0 Å². The van der Waals surface area contributed by atoms with Crippen LogP contribution in [-0.2, 0) is 23.9 Å². The SMILES string of the molecule is CC(C)C[C@H](NC(=O)C[C@H]1C2CO[C@H]3OC[C@@H]1C3C2)C(=O)N[C@H](CO)CC1CCCC1=O. The summed E-state index contributed by atoms with van der Waals surface area (Å²) in [5.74, 6) is 1.32. The molecule has 180 valence electrons. The molecule has 2 aliphatic heterocycles. The Bertz CT molecular complexity index is 713. The highest BCUT2D eigenvalue weighted by Gasteiger charge is 2.54. The van der Waals surface area contributed by atoms with Crippen molar-refractivity contribution in [3.8, 4) is 0 Å². The average molecular weight is 451 g/mol. The summed E-state index contributed by atoms with van der Waals surface area (Å²) in [5, 5.41) is 15.6. The fraction of sp³-hybridized carbons (Fsp3) is 0.875. The van der Waals surface area contributed by atoms with Gasteiger partial charge in [0.2, 0.25) is 11.8 Å². The lowest BCUT2D eigenvalue weighted by atomic mass is 9.86. The molecule has 8 nitrogen and oxygen atoms in total. The Morgan fingerprint density at radius 1 is 1.16 bits per heavy atom. The Morgan fingerprint density at radius 2 is 1.94 bits per heavy atom. The number of hydrogen-bond acceptors (Lipinski definition) is 6. The zero-order valence-electron chi connectivity index (χ0n) is 19.3. The molecule has 2 saturated heterocycles. The summed E-state index contributed by atoms with van der Waals surface area (Å²) in [6.45, 7) is 5.11. The fourth-order valence-electron chi connectivity index (χ4n) is 6.29. The van der Waals surface area contributed by atoms with Crippen LogP contribution in [0.1, 0.15) is 58.8 Å². The molecule has 2 heterocycles. The summed E-state index contributed by atoms with van der Waals surface area (Å²) in [6, 6.07) is -1.12. The molecule has 2 saturated carbocycles. The molecule has 4 aliphatic rings. The third-order valence-corrected chi connectivity index (χ3v) is 7.90. The van der Waals surface area contributed by atoms with E-state index in [9.17, 15) is 19.5 Å². The van der Waals surface area contributed by atoms with Gasteiger partial charge in [-0.15, -0.1) is 0 Å². The molecule has 3 N–H and O–H groups in total. The average Bonchev–Trinajstić information content (AvgIpc) is 3.41. The van der Waals surface area contributed by atoms with Gasteiger partial charge in [0.05, 0.1) is 25.9 Å². The Hall–Kier alpha value is -1.51. The van der Waals surface area contributed by atoms with Crippen molar-refractivity contribution in [2.24, 2.45) is 35.5 Å². The lowest BCUT2D eigenvalue weighted by Gasteiger charge is -2.28. The minimum absolute atomic E-state index is 0.0908. The maximum absolute atomic E-state index is 13.0. The van der Waals surface area contributed by atoms with Gasteiger partial charge in [0.25, 0.3) is 0 Å². The lowest BCUT2D eigenvalue weighted by molar-refractivity contribution is -0.165. The van der Waals surface area contributed by atoms with Gasteiger partial charge in [0.15, 0.2) is 6.29 Å². The highest BCUT2D eigenvalue weighted by molar-refractivity contribution is 5.88. The molecule has 4 rings (SSSR count). The van der Waals surface area contributed by atoms with Crippen molar-refractivity contribution < 1.29 is 29.0 Å². The molecule has 0 spiro atoms. The van der Waals surface area contributed by atoms with Crippen molar-refractivity contribution >= 4 is 17.6 Å². The van der Waals surface area contributed by atoms with Gasteiger partial charge in [0.1, 0.15) is 11.8 Å². The van der Waals surface area contributed by atoms with Crippen LogP contribution < -0.4 is 10.6 Å². The van der Waals surface area contributed by atoms with Crippen LogP contribution >= 0.6 is 0 Å². The molecule has 2 aliphatic carbocycles. The number of fused-ring (bicyclic) bond motifs is 1. The van der Waals surface area contributed by atoms with Crippen LogP contribution in [0.25, 0.3) is 0 Å². The maximum Gasteiger partial charge on any atom is 0.242 e. The first-order valence-corrected chi connectivity index (χ1v) is 12.3. The number of carbonyl (C=O) groups is 3. The van der Waals surface area contributed by atoms with Gasteiger partial charge in [-0.2, -0.15) is 0 Å². The second-order valence-electron chi connectivity index (χ2n) is 10.7. The van der Waals surface area contributed by atoms with E-state index in [-0.39, 0.29) is 48.2 Å². The predicted molar refractivity (Wildman–Crippen MR) is 116 cm³/mol. The largest absolute Gasteiger partial charge is 0.394 e. The van der Waals surface area contributed by atoms with Crippen molar-refractivity contribution in [3.63, 3.8) is 0 Å². The second kappa shape index (κ2) is 10.2. The summed E-state index contributed by atoms with van der Waals surface area (Å²) < 4.78 is 11.5. The van der Waals surface area contributed by atoms with Crippen molar-refractivity contribution in [1.82, 2.24) is 10.6 Å². The molecule has 2 bridgehead atoms. The molecule has 2 amide bonds. The number of Topliss-reactive ketones (excluding diaryl/α,β-unsaturated/α-hetero) is 1. The first-order valence-electron chi connectivity index (χ1n) is 12.3. The van der Waals surface area contributed by atoms with Crippen LogP contribution in [0.5, 0.6) is 0 Å². The fourth-order valence-corrected chi connectivity index (χ4v) is 6.29. The van der Waals surface area contributed by atoms with E-state index < -0.39 is 12.1 Å². The number of ketones is 1. The topological polar surface area (TPSA) is 114 Å². The molecule has 0 aromatic heterocycles. The number of aliphatic hydroxyl groups excluding tert-OH is 1. The number of nitrogens with one attached hydrogen (secondary N) is 2. The minimum Gasteiger partial charge on any atom is -0.394 e. The molecule has 4 fully saturated rings. The van der Waals surface area contributed by atoms with E-state index in [1.165, 1.54) is 0 Å². The molecule has 0 aromatic rings. The molecule has 8 heteroatoms. The summed E-state index contributed by atoms with van der Waals surface area (Å²) in [7, 11) is 0. The molecule has 0 radical (unpaired) electrons. The van der Waals surface area contributed by atoms with Crippen molar-refractivity contribution in [1.29, 1.82) is 0 Å². The van der Waals surface area contributed by atoms with Crippen LogP contribution in [0.4, 0.5) is 0 Å². The monoisotopic (exact) mass is 450 g/mol. The van der Waals surface area contributed by atoms with E-state index in [4.69, 9.17) is 9.47 Å². The first-order chi connectivity index (χ1) is 15.4. The summed E-state index contributed by atoms with van der Waals surface area (Å²) >= 11 is 0. The van der Waals surface area contributed by atoms with E-state index in [0.717, 1.165) is 19.3 Å². The third-order valence-electron chi connectivity index (χ3n) is 7.90. The normalized spacial score (nSPS) is 35.2. The highest BCUT2D eigenvalue weighted by Crippen LogP contribution is 2.52. The zero-order valence-corrected chi connectivity index (χ0v) is 19.3. The van der Waals surface area contributed by atoms with E-state index >= 15 is 0 Å². The minimum atomic E-state index is -0.652. The predicted octanol–water partition coefficient (Wildman–Crippen LogP) is 1.40. The Kier molecular flexibility index (Phi) is 7.52. The van der Waals surface area contributed by atoms with E-state index in [1.54, 1.807) is 0 Å². The maximum atomic E-state index is 13.0. The summed E-state index contributed by atoms with van der Waals surface area (Å²) in [5.41, 5.74) is 0. The third kappa shape index (κ3) is 5.18. The van der Waals surface area contributed by atoms with Crippen molar-refractivity contribution in [3.05, 3.63) is 0 Å². The number of ether oxygens (including phenoxy) is 2. The first kappa shape index (κ1) is 23.6. The molecular weight excluding hydrogens is 412 g/mol. The summed E-state index contributed by atoms with van der Waals surface area (Å²) in [6.07, 6.45) is 4.59. The van der Waals surface area contributed by atoms with Gasteiger partial charge in [0, 0.05) is 24.7 Å². The number of amides is 2. The van der Waals surface area contributed by atoms with Gasteiger partial charge in [-0.05, 0) is 55.8 Å². The van der Waals surface area contributed by atoms with Crippen molar-refractivity contribution in [2.45, 2.75) is 77.2 Å². The Morgan fingerprint density at radius 3 is 2.62 bits per heavy atom. The van der Waals surface area contributed by atoms with E-state index in [0.29, 0.717) is 56.7 Å². The molecule has 0 aromatic carbocycles. The van der Waals surface area contributed by atoms with E-state index in [2.05, 4.69) is 10.6 Å². The standard InChI is InChI=1S/C24H38N2O6/c1-13(2)6-20(23(30)25-16(10-27)7-14-4-3-5-21(14)28)26-22(29)9-17-15-8-18-19(17)12-32-24(18)31-11-15/h13-20,24,27H,3-12H2,1-2H3,(H,25,30)(H,26,29)/t14?,15?,16-,17-,18?,19-,20-,24-/m0/s1. The zero-order chi connectivity index (χ0) is 22.8. The molecule has 3 unspecified atom stereocenters. The van der Waals surface area contributed by atoms with Crippen molar-refractivity contribution in [2.75, 3.05) is 19.8 Å². The Labute approximate surface area is 190 Å². The lowest BCUT2D eigenvalue weighted by Crippen LogP contribution is -2.51. The highest BCUT2D eigenvalue weighted by atomic mass is 16.7. The van der Waals surface area contributed by atoms with Crippen LogP contribution in [-0.4, -0.2) is 60.9 Å². The number of hydrogen-bond donors (Lipinski definition) is 3. The van der Waals surface area contributed by atoms with Crippen LogP contribution in [0.2, 0.25) is 0 Å². The van der Waals surface area contributed by atoms with E-state index in [1.807, 2.05) is 13.8 Å². The van der Waals surface area contributed by atoms with Gasteiger partial charge in [-0.3, -0.25) is 14.4 Å². The van der Waals surface area contributed by atoms with Crippen LogP contribution in [0, 0.1) is 35.5 Å². The molecular formula is C24H38N2O6. The van der Waals surface area contributed by atoms with Gasteiger partial charge in [-0.25, -0.2) is 0 Å². The smallest absolute Gasteiger partial charge is 0.242 e. The molecule has 32 heavy (non-hydrogen) atoms. The Balaban J connectivity index is 1.33. The second-order valence-corrected chi connectivity index (χ2v) is 10.7. The van der Waals surface area contributed by atoms with Gasteiger partial charge < -0.3 is 25.2 Å². The quantitative estimate of drug-likeness (QED) is 0.464. The number of carbonyl (C=O) groups excluding carboxylic acids is 3.